The van der Waals surface area contributed by atoms with Crippen molar-refractivity contribution in [3.8, 4) is 0 Å². The summed E-state index contributed by atoms with van der Waals surface area (Å²) < 4.78 is 0. The molecule has 1 rings (SSSR count). The van der Waals surface area contributed by atoms with Crippen LogP contribution in [-0.2, 0) is 11.3 Å². The van der Waals surface area contributed by atoms with Crippen molar-refractivity contribution in [1.29, 1.82) is 0 Å². The molecule has 1 amide bonds. The molecule has 0 bridgehead atoms. The van der Waals surface area contributed by atoms with Crippen LogP contribution in [0.25, 0.3) is 0 Å². The fraction of sp³-hybridized carbons (Fsp3) is 0.182. The van der Waals surface area contributed by atoms with Crippen LogP contribution < -0.4 is 5.32 Å². The van der Waals surface area contributed by atoms with Crippen LogP contribution in [0.3, 0.4) is 0 Å². The van der Waals surface area contributed by atoms with E-state index in [9.17, 15) is 4.79 Å². The Hall–Kier alpha value is -1.28. The number of allylic oxidation sites excluding steroid dienone is 1. The summed E-state index contributed by atoms with van der Waals surface area (Å²) in [5.74, 6) is -0.0903. The molecule has 1 N–H and O–H groups in total. The fourth-order valence-electron chi connectivity index (χ4n) is 1.05. The van der Waals surface area contributed by atoms with E-state index in [0.29, 0.717) is 11.6 Å². The predicted molar refractivity (Wildman–Crippen MR) is 58.1 cm³/mol. The summed E-state index contributed by atoms with van der Waals surface area (Å²) in [7, 11) is 0. The number of hydrogen-bond donors (Lipinski definition) is 1. The molecule has 3 heteroatoms. The molecule has 74 valence electrons. The molecule has 0 heterocycles. The molecule has 0 aliphatic rings. The molecule has 0 saturated carbocycles. The van der Waals surface area contributed by atoms with E-state index in [1.165, 1.54) is 6.08 Å². The zero-order valence-corrected chi connectivity index (χ0v) is 8.71. The fourth-order valence-corrected chi connectivity index (χ4v) is 1.26. The lowest BCUT2D eigenvalue weighted by molar-refractivity contribution is -0.116. The second kappa shape index (κ2) is 5.45. The van der Waals surface area contributed by atoms with E-state index < -0.39 is 0 Å². The highest BCUT2D eigenvalue weighted by atomic mass is 35.5. The minimum Gasteiger partial charge on any atom is -0.348 e. The smallest absolute Gasteiger partial charge is 0.243 e. The van der Waals surface area contributed by atoms with Crippen LogP contribution in [0.2, 0.25) is 5.02 Å². The number of carbonyl (C=O) groups is 1. The third-order valence-corrected chi connectivity index (χ3v) is 1.91. The normalized spacial score (nSPS) is 10.4. The predicted octanol–water partition coefficient (Wildman–Crippen LogP) is 2.53. The molecule has 0 unspecified atom stereocenters. The topological polar surface area (TPSA) is 29.1 Å². The zero-order valence-electron chi connectivity index (χ0n) is 7.96. The lowest BCUT2D eigenvalue weighted by Gasteiger charge is -2.02. The van der Waals surface area contributed by atoms with Gasteiger partial charge in [0.05, 0.1) is 0 Å². The van der Waals surface area contributed by atoms with E-state index >= 15 is 0 Å². The minimum atomic E-state index is -0.0903. The first kappa shape index (κ1) is 10.8. The van der Waals surface area contributed by atoms with Gasteiger partial charge < -0.3 is 5.32 Å². The number of carbonyl (C=O) groups excluding carboxylic acids is 1. The van der Waals surface area contributed by atoms with Gasteiger partial charge in [0.25, 0.3) is 0 Å². The van der Waals surface area contributed by atoms with Gasteiger partial charge in [-0.3, -0.25) is 4.79 Å². The van der Waals surface area contributed by atoms with E-state index in [4.69, 9.17) is 11.6 Å². The molecule has 2 nitrogen and oxygen atoms in total. The van der Waals surface area contributed by atoms with Crippen LogP contribution in [0, 0.1) is 0 Å². The molecule has 0 atom stereocenters. The lowest BCUT2D eigenvalue weighted by atomic mass is 10.2. The monoisotopic (exact) mass is 209 g/mol. The standard InChI is InChI=1S/C11H12ClNO/c1-2-4-11(14)13-8-9-5-3-6-10(12)7-9/h2-7H,8H2,1H3,(H,13,14). The van der Waals surface area contributed by atoms with Crippen LogP contribution in [0.1, 0.15) is 12.5 Å². The van der Waals surface area contributed by atoms with E-state index in [0.717, 1.165) is 5.56 Å². The van der Waals surface area contributed by atoms with Gasteiger partial charge in [0, 0.05) is 11.6 Å². The highest BCUT2D eigenvalue weighted by Crippen LogP contribution is 2.09. The van der Waals surface area contributed by atoms with Crippen LogP contribution in [0.5, 0.6) is 0 Å². The van der Waals surface area contributed by atoms with Crippen molar-refractivity contribution in [2.24, 2.45) is 0 Å². The Morgan fingerprint density at radius 2 is 2.36 bits per heavy atom. The van der Waals surface area contributed by atoms with E-state index in [1.54, 1.807) is 19.1 Å². The van der Waals surface area contributed by atoms with Crippen LogP contribution in [0.4, 0.5) is 0 Å². The van der Waals surface area contributed by atoms with Gasteiger partial charge in [-0.1, -0.05) is 29.8 Å². The van der Waals surface area contributed by atoms with Crippen LogP contribution in [-0.4, -0.2) is 5.91 Å². The molecule has 0 fully saturated rings. The number of rotatable bonds is 3. The summed E-state index contributed by atoms with van der Waals surface area (Å²) in [6, 6.07) is 7.41. The second-order valence-corrected chi connectivity index (χ2v) is 3.28. The first-order chi connectivity index (χ1) is 6.72. The molecule has 14 heavy (non-hydrogen) atoms. The molecular weight excluding hydrogens is 198 g/mol. The van der Waals surface area contributed by atoms with Crippen LogP contribution in [0.15, 0.2) is 36.4 Å². The van der Waals surface area contributed by atoms with Crippen molar-refractivity contribution in [1.82, 2.24) is 5.32 Å². The van der Waals surface area contributed by atoms with Gasteiger partial charge >= 0.3 is 0 Å². The third kappa shape index (κ3) is 3.62. The highest BCUT2D eigenvalue weighted by molar-refractivity contribution is 6.30. The zero-order chi connectivity index (χ0) is 10.4. The molecule has 0 spiro atoms. The second-order valence-electron chi connectivity index (χ2n) is 2.85. The Labute approximate surface area is 88.6 Å². The van der Waals surface area contributed by atoms with Gasteiger partial charge in [0.2, 0.25) is 5.91 Å². The van der Waals surface area contributed by atoms with Crippen molar-refractivity contribution in [3.05, 3.63) is 47.0 Å². The Morgan fingerprint density at radius 3 is 3.00 bits per heavy atom. The first-order valence-electron chi connectivity index (χ1n) is 4.37. The largest absolute Gasteiger partial charge is 0.348 e. The molecule has 0 aliphatic carbocycles. The third-order valence-electron chi connectivity index (χ3n) is 1.67. The molecule has 0 saturated heterocycles. The molecule has 0 radical (unpaired) electrons. The average Bonchev–Trinajstić information content (AvgIpc) is 2.15. The maximum absolute atomic E-state index is 11.1. The summed E-state index contributed by atoms with van der Waals surface area (Å²) in [4.78, 5) is 11.1. The Balaban J connectivity index is 2.49. The first-order valence-corrected chi connectivity index (χ1v) is 4.75. The van der Waals surface area contributed by atoms with Gasteiger partial charge in [-0.05, 0) is 30.7 Å². The van der Waals surface area contributed by atoms with Gasteiger partial charge in [0.1, 0.15) is 0 Å². The number of amides is 1. The molecular formula is C11H12ClNO. The van der Waals surface area contributed by atoms with Crippen molar-refractivity contribution >= 4 is 17.5 Å². The number of hydrogen-bond acceptors (Lipinski definition) is 1. The average molecular weight is 210 g/mol. The van der Waals surface area contributed by atoms with E-state index in [2.05, 4.69) is 5.32 Å². The summed E-state index contributed by atoms with van der Waals surface area (Å²) in [5.41, 5.74) is 0.996. The maximum Gasteiger partial charge on any atom is 0.243 e. The van der Waals surface area contributed by atoms with Gasteiger partial charge in [-0.25, -0.2) is 0 Å². The minimum absolute atomic E-state index is 0.0903. The highest BCUT2D eigenvalue weighted by Gasteiger charge is 1.96. The number of benzene rings is 1. The Morgan fingerprint density at radius 1 is 1.57 bits per heavy atom. The van der Waals surface area contributed by atoms with Crippen molar-refractivity contribution in [2.75, 3.05) is 0 Å². The van der Waals surface area contributed by atoms with Gasteiger partial charge in [0.15, 0.2) is 0 Å². The summed E-state index contributed by atoms with van der Waals surface area (Å²) in [6.07, 6.45) is 3.19. The maximum atomic E-state index is 11.1. The summed E-state index contributed by atoms with van der Waals surface area (Å²) in [6.45, 7) is 2.31. The van der Waals surface area contributed by atoms with Gasteiger partial charge in [-0.2, -0.15) is 0 Å². The SMILES string of the molecule is CC=CC(=O)NCc1cccc(Cl)c1. The molecule has 1 aromatic carbocycles. The Kier molecular flexibility index (Phi) is 4.20. The van der Waals surface area contributed by atoms with E-state index in [1.807, 2.05) is 18.2 Å². The number of nitrogens with one attached hydrogen (secondary N) is 1. The van der Waals surface area contributed by atoms with Crippen LogP contribution >= 0.6 is 11.6 Å². The summed E-state index contributed by atoms with van der Waals surface area (Å²) in [5, 5.41) is 3.43. The molecule has 1 aromatic rings. The van der Waals surface area contributed by atoms with Crippen molar-refractivity contribution in [2.45, 2.75) is 13.5 Å². The molecule has 0 aromatic heterocycles. The lowest BCUT2D eigenvalue weighted by Crippen LogP contribution is -2.20. The van der Waals surface area contributed by atoms with Crippen molar-refractivity contribution in [3.63, 3.8) is 0 Å². The Bertz CT molecular complexity index is 347. The summed E-state index contributed by atoms with van der Waals surface area (Å²) >= 11 is 5.79. The molecule has 0 aliphatic heterocycles. The van der Waals surface area contributed by atoms with E-state index in [-0.39, 0.29) is 5.91 Å². The quantitative estimate of drug-likeness (QED) is 0.762. The van der Waals surface area contributed by atoms with Crippen molar-refractivity contribution < 1.29 is 4.79 Å². The number of halogens is 1. The van der Waals surface area contributed by atoms with Gasteiger partial charge in [-0.15, -0.1) is 0 Å².